The van der Waals surface area contributed by atoms with Gasteiger partial charge < -0.3 is 9.72 Å². The van der Waals surface area contributed by atoms with Crippen LogP contribution in [0.3, 0.4) is 0 Å². The molecule has 0 aliphatic heterocycles. The van der Waals surface area contributed by atoms with E-state index in [4.69, 9.17) is 11.6 Å². The molecule has 3 nitrogen and oxygen atoms in total. The zero-order valence-electron chi connectivity index (χ0n) is 10.5. The number of fused-ring (bicyclic) bond motifs is 1. The average Bonchev–Trinajstić information content (AvgIpc) is 3.04. The molecule has 5 heteroatoms. The first-order valence-electron chi connectivity index (χ1n) is 6.11. The Hall–Kier alpha value is -1.36. The van der Waals surface area contributed by atoms with E-state index in [9.17, 15) is 0 Å². The molecule has 3 aromatic heterocycles. The molecule has 0 saturated heterocycles. The second kappa shape index (κ2) is 5.33. The van der Waals surface area contributed by atoms with Crippen molar-refractivity contribution in [3.8, 4) is 0 Å². The van der Waals surface area contributed by atoms with Gasteiger partial charge in [-0.2, -0.15) is 11.3 Å². The van der Waals surface area contributed by atoms with Gasteiger partial charge in [0.2, 0.25) is 0 Å². The van der Waals surface area contributed by atoms with Crippen LogP contribution in [0.15, 0.2) is 41.4 Å². The van der Waals surface area contributed by atoms with Crippen LogP contribution in [-0.4, -0.2) is 9.38 Å². The Morgan fingerprint density at radius 1 is 1.37 bits per heavy atom. The molecule has 98 valence electrons. The molecule has 3 aromatic rings. The maximum absolute atomic E-state index is 5.96. The Balaban J connectivity index is 1.71. The molecule has 0 bridgehead atoms. The summed E-state index contributed by atoms with van der Waals surface area (Å²) in [5.74, 6) is 0. The van der Waals surface area contributed by atoms with Crippen LogP contribution in [0, 0.1) is 0 Å². The van der Waals surface area contributed by atoms with Crippen molar-refractivity contribution in [2.45, 2.75) is 19.5 Å². The molecule has 0 amide bonds. The lowest BCUT2D eigenvalue weighted by Gasteiger charge is -2.10. The van der Waals surface area contributed by atoms with Crippen LogP contribution in [-0.2, 0) is 6.54 Å². The molecule has 0 saturated carbocycles. The van der Waals surface area contributed by atoms with Crippen molar-refractivity contribution in [2.75, 3.05) is 0 Å². The minimum Gasteiger partial charge on any atom is -0.305 e. The van der Waals surface area contributed by atoms with Gasteiger partial charge in [-0.25, -0.2) is 4.98 Å². The van der Waals surface area contributed by atoms with Crippen molar-refractivity contribution in [1.29, 1.82) is 0 Å². The lowest BCUT2D eigenvalue weighted by Crippen LogP contribution is -2.17. The Bertz CT molecular complexity index is 675. The quantitative estimate of drug-likeness (QED) is 0.790. The highest BCUT2D eigenvalue weighted by Gasteiger charge is 2.07. The molecule has 1 N–H and O–H groups in total. The minimum atomic E-state index is 0.333. The van der Waals surface area contributed by atoms with E-state index in [-0.39, 0.29) is 0 Å². The van der Waals surface area contributed by atoms with Gasteiger partial charge >= 0.3 is 0 Å². The summed E-state index contributed by atoms with van der Waals surface area (Å²) in [6.45, 7) is 2.91. The van der Waals surface area contributed by atoms with E-state index in [1.54, 1.807) is 11.3 Å². The zero-order valence-corrected chi connectivity index (χ0v) is 12.1. The fraction of sp³-hybridized carbons (Fsp3) is 0.214. The predicted octanol–water partition coefficient (Wildman–Crippen LogP) is 3.90. The Kier molecular flexibility index (Phi) is 3.55. The molecular formula is C14H14ClN3S. The average molecular weight is 292 g/mol. The standard InChI is InChI=1S/C14H14ClN3S/c1-10(11-4-5-19-9-11)16-6-13-8-18-7-12(15)2-3-14(18)17-13/h2-5,7-10,16H,6H2,1H3. The van der Waals surface area contributed by atoms with Crippen molar-refractivity contribution in [1.82, 2.24) is 14.7 Å². The predicted molar refractivity (Wildman–Crippen MR) is 79.8 cm³/mol. The third kappa shape index (κ3) is 2.81. The largest absolute Gasteiger partial charge is 0.305 e. The van der Waals surface area contributed by atoms with Gasteiger partial charge in [0.25, 0.3) is 0 Å². The summed E-state index contributed by atoms with van der Waals surface area (Å²) in [6.07, 6.45) is 3.88. The lowest BCUT2D eigenvalue weighted by molar-refractivity contribution is 0.570. The molecule has 1 atom stereocenters. The van der Waals surface area contributed by atoms with Crippen LogP contribution in [0.5, 0.6) is 0 Å². The molecule has 0 aromatic carbocycles. The van der Waals surface area contributed by atoms with Gasteiger partial charge in [-0.15, -0.1) is 0 Å². The SMILES string of the molecule is CC(NCc1cn2cc(Cl)ccc2n1)c1ccsc1. The second-order valence-electron chi connectivity index (χ2n) is 4.50. The molecule has 0 aliphatic rings. The van der Waals surface area contributed by atoms with Crippen LogP contribution in [0.2, 0.25) is 5.02 Å². The number of hydrogen-bond acceptors (Lipinski definition) is 3. The summed E-state index contributed by atoms with van der Waals surface area (Å²) < 4.78 is 1.95. The van der Waals surface area contributed by atoms with E-state index in [0.717, 1.165) is 22.9 Å². The van der Waals surface area contributed by atoms with Gasteiger partial charge in [0.1, 0.15) is 5.65 Å². The first-order valence-corrected chi connectivity index (χ1v) is 7.43. The Morgan fingerprint density at radius 3 is 3.05 bits per heavy atom. The summed E-state index contributed by atoms with van der Waals surface area (Å²) in [6, 6.07) is 6.26. The van der Waals surface area contributed by atoms with Crippen LogP contribution >= 0.6 is 22.9 Å². The van der Waals surface area contributed by atoms with E-state index in [1.165, 1.54) is 5.56 Å². The third-order valence-electron chi connectivity index (χ3n) is 3.10. The van der Waals surface area contributed by atoms with Gasteiger partial charge in [-0.3, -0.25) is 0 Å². The monoisotopic (exact) mass is 291 g/mol. The molecule has 3 rings (SSSR count). The Labute approximate surface area is 120 Å². The number of halogens is 1. The Morgan fingerprint density at radius 2 is 2.26 bits per heavy atom. The highest BCUT2D eigenvalue weighted by molar-refractivity contribution is 7.07. The third-order valence-corrected chi connectivity index (χ3v) is 4.02. The first-order chi connectivity index (χ1) is 9.22. The molecule has 3 heterocycles. The van der Waals surface area contributed by atoms with Gasteiger partial charge in [-0.1, -0.05) is 11.6 Å². The molecular weight excluding hydrogens is 278 g/mol. The van der Waals surface area contributed by atoms with Gasteiger partial charge in [0.15, 0.2) is 0 Å². The normalized spacial score (nSPS) is 12.9. The number of nitrogens with one attached hydrogen (secondary N) is 1. The van der Waals surface area contributed by atoms with Crippen molar-refractivity contribution in [3.05, 3.63) is 57.6 Å². The molecule has 0 radical (unpaired) electrons. The van der Waals surface area contributed by atoms with Crippen LogP contribution in [0.25, 0.3) is 5.65 Å². The van der Waals surface area contributed by atoms with Gasteiger partial charge in [0.05, 0.1) is 10.7 Å². The van der Waals surface area contributed by atoms with Crippen LogP contribution < -0.4 is 5.32 Å². The number of hydrogen-bond donors (Lipinski definition) is 1. The van der Waals surface area contributed by atoms with Gasteiger partial charge in [-0.05, 0) is 41.4 Å². The summed E-state index contributed by atoms with van der Waals surface area (Å²) in [5, 5.41) is 8.46. The van der Waals surface area contributed by atoms with E-state index >= 15 is 0 Å². The molecule has 0 spiro atoms. The maximum atomic E-state index is 5.96. The van der Waals surface area contributed by atoms with Crippen LogP contribution in [0.4, 0.5) is 0 Å². The fourth-order valence-electron chi connectivity index (χ4n) is 2.00. The number of imidazole rings is 1. The topological polar surface area (TPSA) is 29.3 Å². The zero-order chi connectivity index (χ0) is 13.2. The van der Waals surface area contributed by atoms with Gasteiger partial charge in [0, 0.05) is 25.0 Å². The van der Waals surface area contributed by atoms with Crippen LogP contribution in [0.1, 0.15) is 24.2 Å². The first kappa shape index (κ1) is 12.7. The number of rotatable bonds is 4. The van der Waals surface area contributed by atoms with Crippen molar-refractivity contribution < 1.29 is 0 Å². The van der Waals surface area contributed by atoms with E-state index < -0.39 is 0 Å². The molecule has 0 fully saturated rings. The highest BCUT2D eigenvalue weighted by atomic mass is 35.5. The minimum absolute atomic E-state index is 0.333. The van der Waals surface area contributed by atoms with E-state index in [1.807, 2.05) is 28.9 Å². The summed E-state index contributed by atoms with van der Waals surface area (Å²) in [4.78, 5) is 4.55. The van der Waals surface area contributed by atoms with Crippen molar-refractivity contribution in [2.24, 2.45) is 0 Å². The summed E-state index contributed by atoms with van der Waals surface area (Å²) >= 11 is 7.68. The fourth-order valence-corrected chi connectivity index (χ4v) is 2.92. The molecule has 1 unspecified atom stereocenters. The maximum Gasteiger partial charge on any atom is 0.137 e. The molecule has 0 aliphatic carbocycles. The highest BCUT2D eigenvalue weighted by Crippen LogP contribution is 2.16. The van der Waals surface area contributed by atoms with E-state index in [2.05, 4.69) is 34.1 Å². The van der Waals surface area contributed by atoms with Crippen molar-refractivity contribution in [3.63, 3.8) is 0 Å². The molecule has 19 heavy (non-hydrogen) atoms. The van der Waals surface area contributed by atoms with Crippen molar-refractivity contribution >= 4 is 28.6 Å². The lowest BCUT2D eigenvalue weighted by atomic mass is 10.2. The summed E-state index contributed by atoms with van der Waals surface area (Å²) in [7, 11) is 0. The number of aromatic nitrogens is 2. The second-order valence-corrected chi connectivity index (χ2v) is 5.72. The number of pyridine rings is 1. The summed E-state index contributed by atoms with van der Waals surface area (Å²) in [5.41, 5.74) is 3.26. The smallest absolute Gasteiger partial charge is 0.137 e. The number of thiophene rings is 1. The van der Waals surface area contributed by atoms with E-state index in [0.29, 0.717) is 6.04 Å². The number of nitrogens with zero attached hydrogens (tertiary/aromatic N) is 2.